The smallest absolute Gasteiger partial charge is 0.272 e. The summed E-state index contributed by atoms with van der Waals surface area (Å²) in [5, 5.41) is 0. The Kier molecular flexibility index (Phi) is 3.47. The molecule has 18 heavy (non-hydrogen) atoms. The number of rotatable bonds is 3. The van der Waals surface area contributed by atoms with E-state index in [1.165, 1.54) is 18.3 Å². The van der Waals surface area contributed by atoms with Crippen LogP contribution in [0.3, 0.4) is 0 Å². The number of nitrogens with one attached hydrogen (secondary N) is 1. The Balaban J connectivity index is 2.29. The summed E-state index contributed by atoms with van der Waals surface area (Å²) in [4.78, 5) is 3.87. The number of thiophene rings is 1. The fraction of sp³-hybridized carbons (Fsp3) is 0.100. The lowest BCUT2D eigenvalue weighted by molar-refractivity contribution is 0.603. The zero-order chi connectivity index (χ0) is 13.3. The summed E-state index contributed by atoms with van der Waals surface area (Å²) in [6.45, 7) is 1.75. The quantitative estimate of drug-likeness (QED) is 0.912. The third kappa shape index (κ3) is 2.74. The number of hydrogen-bond donors (Lipinski definition) is 2. The number of nitrogens with two attached hydrogens (primary N) is 1. The largest absolute Gasteiger partial charge is 0.397 e. The number of aryl methyl sites for hydroxylation is 1. The molecule has 0 saturated carbocycles. The number of sulfonamides is 1. The summed E-state index contributed by atoms with van der Waals surface area (Å²) in [5.74, 6) is 0.214. The number of aromatic nitrogens is 1. The second-order valence-corrected chi connectivity index (χ2v) is 7.17. The van der Waals surface area contributed by atoms with Crippen LogP contribution in [0.15, 0.2) is 28.6 Å². The molecule has 0 aromatic carbocycles. The maximum atomic E-state index is 12.0. The minimum atomic E-state index is -3.65. The van der Waals surface area contributed by atoms with E-state index in [-0.39, 0.29) is 10.0 Å². The van der Waals surface area contributed by atoms with Crippen molar-refractivity contribution in [1.29, 1.82) is 0 Å². The highest BCUT2D eigenvalue weighted by Gasteiger charge is 2.18. The van der Waals surface area contributed by atoms with Crippen molar-refractivity contribution in [2.75, 3.05) is 10.5 Å². The molecule has 2 aromatic heterocycles. The third-order valence-electron chi connectivity index (χ3n) is 2.12. The van der Waals surface area contributed by atoms with Gasteiger partial charge in [0.25, 0.3) is 10.0 Å². The van der Waals surface area contributed by atoms with Gasteiger partial charge in [0.05, 0.1) is 16.2 Å². The summed E-state index contributed by atoms with van der Waals surface area (Å²) >= 11 is 6.86. The Bertz CT molecular complexity index is 645. The summed E-state index contributed by atoms with van der Waals surface area (Å²) < 4.78 is 27.0. The topological polar surface area (TPSA) is 85.1 Å². The Hall–Kier alpha value is -1.31. The van der Waals surface area contributed by atoms with Crippen molar-refractivity contribution in [1.82, 2.24) is 4.98 Å². The fourth-order valence-corrected chi connectivity index (χ4v) is 3.93. The van der Waals surface area contributed by atoms with Crippen LogP contribution >= 0.6 is 22.9 Å². The number of pyridine rings is 1. The number of halogens is 1. The molecule has 0 spiro atoms. The van der Waals surface area contributed by atoms with Crippen molar-refractivity contribution in [2.45, 2.75) is 11.1 Å². The monoisotopic (exact) mass is 303 g/mol. The average molecular weight is 304 g/mol. The number of nitrogens with zero attached hydrogens (tertiary/aromatic N) is 1. The minimum absolute atomic E-state index is 0.156. The molecular weight excluding hydrogens is 294 g/mol. The highest BCUT2D eigenvalue weighted by Crippen LogP contribution is 2.30. The minimum Gasteiger partial charge on any atom is -0.397 e. The molecule has 2 rings (SSSR count). The molecule has 2 aromatic rings. The van der Waals surface area contributed by atoms with Gasteiger partial charge in [0.15, 0.2) is 0 Å². The van der Waals surface area contributed by atoms with E-state index in [9.17, 15) is 8.42 Å². The van der Waals surface area contributed by atoms with Crippen LogP contribution in [0.2, 0.25) is 4.34 Å². The highest BCUT2D eigenvalue weighted by atomic mass is 35.5. The predicted octanol–water partition coefficient (Wildman–Crippen LogP) is 2.49. The summed E-state index contributed by atoms with van der Waals surface area (Å²) in [7, 11) is -3.65. The Labute approximate surface area is 114 Å². The Morgan fingerprint density at radius 3 is 2.67 bits per heavy atom. The van der Waals surface area contributed by atoms with Gasteiger partial charge in [-0.1, -0.05) is 11.6 Å². The molecule has 0 fully saturated rings. The predicted molar refractivity (Wildman–Crippen MR) is 73.5 cm³/mol. The van der Waals surface area contributed by atoms with Gasteiger partial charge >= 0.3 is 0 Å². The molecule has 0 aliphatic heterocycles. The van der Waals surface area contributed by atoms with E-state index in [2.05, 4.69) is 9.71 Å². The second kappa shape index (κ2) is 4.75. The molecule has 0 amide bonds. The zero-order valence-corrected chi connectivity index (χ0v) is 11.7. The van der Waals surface area contributed by atoms with Crippen molar-refractivity contribution in [3.05, 3.63) is 34.3 Å². The molecule has 3 N–H and O–H groups in total. The Morgan fingerprint density at radius 1 is 1.44 bits per heavy atom. The van der Waals surface area contributed by atoms with Gasteiger partial charge in [-0.2, -0.15) is 0 Å². The van der Waals surface area contributed by atoms with Crippen LogP contribution in [-0.4, -0.2) is 13.4 Å². The van der Waals surface area contributed by atoms with Crippen molar-refractivity contribution in [3.8, 4) is 0 Å². The van der Waals surface area contributed by atoms with Crippen molar-refractivity contribution in [3.63, 3.8) is 0 Å². The van der Waals surface area contributed by atoms with E-state index in [1.807, 2.05) is 0 Å². The van der Waals surface area contributed by atoms with Crippen molar-refractivity contribution >= 4 is 44.5 Å². The number of hydrogen-bond acceptors (Lipinski definition) is 5. The summed E-state index contributed by atoms with van der Waals surface area (Å²) in [6, 6.07) is 4.58. The van der Waals surface area contributed by atoms with Gasteiger partial charge in [-0.3, -0.25) is 4.72 Å². The molecular formula is C10H10ClN3O2S2. The molecule has 0 atom stereocenters. The standard InChI is InChI=1S/C10H10ClN3O2S2/c1-6-4-9(17-10(6)11)18(15,16)14-8-3-2-7(12)5-13-8/h2-5H,12H2,1H3,(H,13,14). The van der Waals surface area contributed by atoms with E-state index in [1.54, 1.807) is 13.0 Å². The number of nitrogen functional groups attached to an aromatic ring is 1. The van der Waals surface area contributed by atoms with Crippen LogP contribution in [0.1, 0.15) is 5.56 Å². The van der Waals surface area contributed by atoms with Crippen LogP contribution < -0.4 is 10.5 Å². The first kappa shape index (κ1) is 13.1. The van der Waals surface area contributed by atoms with E-state index in [4.69, 9.17) is 17.3 Å². The van der Waals surface area contributed by atoms with E-state index >= 15 is 0 Å². The molecule has 0 unspecified atom stereocenters. The molecule has 96 valence electrons. The van der Waals surface area contributed by atoms with Crippen LogP contribution in [0.4, 0.5) is 11.5 Å². The van der Waals surface area contributed by atoms with Gasteiger partial charge in [0, 0.05) is 0 Å². The summed E-state index contributed by atoms with van der Waals surface area (Å²) in [6.07, 6.45) is 1.38. The maximum absolute atomic E-state index is 12.0. The van der Waals surface area contributed by atoms with Gasteiger partial charge in [-0.15, -0.1) is 11.3 Å². The molecule has 0 aliphatic rings. The first-order chi connectivity index (χ1) is 8.38. The van der Waals surface area contributed by atoms with E-state index < -0.39 is 10.0 Å². The first-order valence-electron chi connectivity index (χ1n) is 4.89. The normalized spacial score (nSPS) is 11.4. The summed E-state index contributed by atoms with van der Waals surface area (Å²) in [5.41, 5.74) is 6.66. The van der Waals surface area contributed by atoms with Gasteiger partial charge in [0.1, 0.15) is 10.0 Å². The zero-order valence-electron chi connectivity index (χ0n) is 9.34. The SMILES string of the molecule is Cc1cc(S(=O)(=O)Nc2ccc(N)cn2)sc1Cl. The molecule has 0 saturated heterocycles. The molecule has 0 radical (unpaired) electrons. The second-order valence-electron chi connectivity index (χ2n) is 3.60. The lowest BCUT2D eigenvalue weighted by Gasteiger charge is -2.04. The van der Waals surface area contributed by atoms with Crippen LogP contribution in [0.25, 0.3) is 0 Å². The molecule has 5 nitrogen and oxygen atoms in total. The fourth-order valence-electron chi connectivity index (χ4n) is 1.22. The van der Waals surface area contributed by atoms with Gasteiger partial charge in [-0.05, 0) is 30.7 Å². The third-order valence-corrected chi connectivity index (χ3v) is 5.51. The Morgan fingerprint density at radius 2 is 2.17 bits per heavy atom. The average Bonchev–Trinajstić information content (AvgIpc) is 2.63. The van der Waals surface area contributed by atoms with Crippen molar-refractivity contribution < 1.29 is 8.42 Å². The van der Waals surface area contributed by atoms with E-state index in [0.717, 1.165) is 16.9 Å². The lowest BCUT2D eigenvalue weighted by Crippen LogP contribution is -2.12. The van der Waals surface area contributed by atoms with Crippen LogP contribution in [-0.2, 0) is 10.0 Å². The van der Waals surface area contributed by atoms with Crippen molar-refractivity contribution in [2.24, 2.45) is 0 Å². The van der Waals surface area contributed by atoms with E-state index in [0.29, 0.717) is 10.0 Å². The van der Waals surface area contributed by atoms with Crippen LogP contribution in [0, 0.1) is 6.92 Å². The molecule has 0 bridgehead atoms. The van der Waals surface area contributed by atoms with Gasteiger partial charge in [-0.25, -0.2) is 13.4 Å². The number of anilines is 2. The molecule has 8 heteroatoms. The van der Waals surface area contributed by atoms with Gasteiger partial charge in [0.2, 0.25) is 0 Å². The molecule has 2 heterocycles. The van der Waals surface area contributed by atoms with Gasteiger partial charge < -0.3 is 5.73 Å². The highest BCUT2D eigenvalue weighted by molar-refractivity contribution is 7.94. The van der Waals surface area contributed by atoms with Crippen LogP contribution in [0.5, 0.6) is 0 Å². The lowest BCUT2D eigenvalue weighted by atomic mass is 10.4. The maximum Gasteiger partial charge on any atom is 0.272 e. The molecule has 0 aliphatic carbocycles. The first-order valence-corrected chi connectivity index (χ1v) is 7.56.